The Bertz CT molecular complexity index is 819. The summed E-state index contributed by atoms with van der Waals surface area (Å²) in [6.45, 7) is 0.808. The summed E-state index contributed by atoms with van der Waals surface area (Å²) >= 11 is 0. The third kappa shape index (κ3) is 5.11. The number of hydrogen-bond acceptors (Lipinski definition) is 3. The minimum absolute atomic E-state index is 0.0326. The van der Waals surface area contributed by atoms with E-state index >= 15 is 0 Å². The van der Waals surface area contributed by atoms with Crippen LogP contribution < -0.4 is 14.8 Å². The highest BCUT2D eigenvalue weighted by molar-refractivity contribution is 5.78. The molecule has 4 heteroatoms. The Morgan fingerprint density at radius 3 is 2.19 bits per heavy atom. The fourth-order valence-corrected chi connectivity index (χ4v) is 2.52. The molecule has 0 bridgehead atoms. The SMILES string of the molecule is O=C(COc1ccccc1-c1ccccc1)NCCOc1ccccc1. The van der Waals surface area contributed by atoms with Gasteiger partial charge in [0.2, 0.25) is 0 Å². The van der Waals surface area contributed by atoms with Gasteiger partial charge in [-0.25, -0.2) is 0 Å². The third-order valence-electron chi connectivity index (χ3n) is 3.77. The maximum Gasteiger partial charge on any atom is 0.258 e. The van der Waals surface area contributed by atoms with Gasteiger partial charge in [-0.2, -0.15) is 0 Å². The van der Waals surface area contributed by atoms with Gasteiger partial charge < -0.3 is 14.8 Å². The predicted octanol–water partition coefficient (Wildman–Crippen LogP) is 3.93. The van der Waals surface area contributed by atoms with Gasteiger partial charge in [0.25, 0.3) is 5.91 Å². The van der Waals surface area contributed by atoms with Gasteiger partial charge in [0.1, 0.15) is 18.1 Å². The van der Waals surface area contributed by atoms with Crippen molar-refractivity contribution >= 4 is 5.91 Å². The van der Waals surface area contributed by atoms with Crippen LogP contribution in [0.25, 0.3) is 11.1 Å². The minimum atomic E-state index is -0.176. The molecule has 0 aliphatic carbocycles. The first kappa shape index (κ1) is 17.5. The summed E-state index contributed by atoms with van der Waals surface area (Å²) < 4.78 is 11.3. The molecule has 26 heavy (non-hydrogen) atoms. The summed E-state index contributed by atoms with van der Waals surface area (Å²) in [7, 11) is 0. The second-order valence-corrected chi connectivity index (χ2v) is 5.66. The zero-order valence-electron chi connectivity index (χ0n) is 14.4. The molecule has 1 amide bonds. The molecule has 0 aliphatic heterocycles. The summed E-state index contributed by atoms with van der Waals surface area (Å²) in [5, 5.41) is 2.79. The van der Waals surface area contributed by atoms with E-state index in [0.717, 1.165) is 16.9 Å². The van der Waals surface area contributed by atoms with Crippen LogP contribution in [0.4, 0.5) is 0 Å². The molecule has 0 saturated carbocycles. The normalized spacial score (nSPS) is 10.2. The second-order valence-electron chi connectivity index (χ2n) is 5.66. The van der Waals surface area contributed by atoms with E-state index < -0.39 is 0 Å². The number of amides is 1. The molecule has 0 aliphatic rings. The molecule has 3 rings (SSSR count). The summed E-state index contributed by atoms with van der Waals surface area (Å²) in [5.74, 6) is 1.30. The molecular weight excluding hydrogens is 326 g/mol. The Labute approximate surface area is 153 Å². The van der Waals surface area contributed by atoms with E-state index in [1.165, 1.54) is 0 Å². The Kier molecular flexibility index (Phi) is 6.26. The Hall–Kier alpha value is -3.27. The number of rotatable bonds is 8. The van der Waals surface area contributed by atoms with Gasteiger partial charge >= 0.3 is 0 Å². The topological polar surface area (TPSA) is 47.6 Å². The number of ether oxygens (including phenoxy) is 2. The molecule has 0 fully saturated rings. The zero-order valence-corrected chi connectivity index (χ0v) is 14.4. The van der Waals surface area contributed by atoms with Crippen molar-refractivity contribution in [3.8, 4) is 22.6 Å². The van der Waals surface area contributed by atoms with E-state index in [4.69, 9.17) is 9.47 Å². The molecule has 1 N–H and O–H groups in total. The standard InChI is InChI=1S/C22H21NO3/c24-22(23-15-16-25-19-11-5-2-6-12-19)17-26-21-14-8-7-13-20(21)18-9-3-1-4-10-18/h1-14H,15-17H2,(H,23,24). The van der Waals surface area contributed by atoms with E-state index in [1.54, 1.807) is 0 Å². The maximum absolute atomic E-state index is 12.0. The summed E-state index contributed by atoms with van der Waals surface area (Å²) in [5.41, 5.74) is 2.02. The fourth-order valence-electron chi connectivity index (χ4n) is 2.52. The van der Waals surface area contributed by atoms with E-state index in [-0.39, 0.29) is 12.5 Å². The lowest BCUT2D eigenvalue weighted by atomic mass is 10.1. The molecule has 4 nitrogen and oxygen atoms in total. The van der Waals surface area contributed by atoms with Crippen molar-refractivity contribution in [1.82, 2.24) is 5.32 Å². The number of carbonyl (C=O) groups excluding carboxylic acids is 1. The van der Waals surface area contributed by atoms with Crippen LogP contribution in [0.5, 0.6) is 11.5 Å². The number of nitrogens with one attached hydrogen (secondary N) is 1. The van der Waals surface area contributed by atoms with Crippen LogP contribution in [0.1, 0.15) is 0 Å². The van der Waals surface area contributed by atoms with Gasteiger partial charge in [-0.3, -0.25) is 4.79 Å². The molecule has 3 aromatic carbocycles. The lowest BCUT2D eigenvalue weighted by Crippen LogP contribution is -2.32. The molecule has 0 atom stereocenters. The smallest absolute Gasteiger partial charge is 0.258 e. The van der Waals surface area contributed by atoms with Crippen LogP contribution in [0.2, 0.25) is 0 Å². The van der Waals surface area contributed by atoms with Crippen LogP contribution in [0.15, 0.2) is 84.9 Å². The molecule has 0 spiro atoms. The van der Waals surface area contributed by atoms with Crippen LogP contribution in [-0.2, 0) is 4.79 Å². The summed E-state index contributed by atoms with van der Waals surface area (Å²) in [4.78, 5) is 12.0. The highest BCUT2D eigenvalue weighted by Crippen LogP contribution is 2.29. The first-order valence-electron chi connectivity index (χ1n) is 8.55. The molecule has 0 unspecified atom stereocenters. The lowest BCUT2D eigenvalue weighted by molar-refractivity contribution is -0.123. The van der Waals surface area contributed by atoms with Crippen molar-refractivity contribution in [3.63, 3.8) is 0 Å². The highest BCUT2D eigenvalue weighted by atomic mass is 16.5. The summed E-state index contributed by atoms with van der Waals surface area (Å²) in [6, 6.07) is 27.2. The quantitative estimate of drug-likeness (QED) is 0.628. The lowest BCUT2D eigenvalue weighted by Gasteiger charge is -2.12. The summed E-state index contributed by atoms with van der Waals surface area (Å²) in [6.07, 6.45) is 0. The largest absolute Gasteiger partial charge is 0.492 e. The molecular formula is C22H21NO3. The van der Waals surface area contributed by atoms with E-state index in [2.05, 4.69) is 5.32 Å². The van der Waals surface area contributed by atoms with Crippen molar-refractivity contribution in [3.05, 3.63) is 84.9 Å². The minimum Gasteiger partial charge on any atom is -0.492 e. The molecule has 0 saturated heterocycles. The van der Waals surface area contributed by atoms with Crippen LogP contribution >= 0.6 is 0 Å². The monoisotopic (exact) mass is 347 g/mol. The van der Waals surface area contributed by atoms with Crippen LogP contribution in [0, 0.1) is 0 Å². The van der Waals surface area contributed by atoms with Gasteiger partial charge in [0, 0.05) is 5.56 Å². The van der Waals surface area contributed by atoms with Gasteiger partial charge in [-0.15, -0.1) is 0 Å². The van der Waals surface area contributed by atoms with E-state index in [1.807, 2.05) is 84.9 Å². The first-order valence-corrected chi connectivity index (χ1v) is 8.55. The number of carbonyl (C=O) groups is 1. The van der Waals surface area contributed by atoms with Gasteiger partial charge in [-0.05, 0) is 23.8 Å². The van der Waals surface area contributed by atoms with Gasteiger partial charge in [0.05, 0.1) is 6.54 Å². The van der Waals surface area contributed by atoms with Crippen molar-refractivity contribution < 1.29 is 14.3 Å². The van der Waals surface area contributed by atoms with E-state index in [0.29, 0.717) is 18.9 Å². The fraction of sp³-hybridized carbons (Fsp3) is 0.136. The average Bonchev–Trinajstić information content (AvgIpc) is 2.71. The number of para-hydroxylation sites is 2. The van der Waals surface area contributed by atoms with Crippen LogP contribution in [0.3, 0.4) is 0 Å². The van der Waals surface area contributed by atoms with Crippen molar-refractivity contribution in [1.29, 1.82) is 0 Å². The first-order chi connectivity index (χ1) is 12.8. The number of benzene rings is 3. The average molecular weight is 347 g/mol. The van der Waals surface area contributed by atoms with Crippen molar-refractivity contribution in [2.24, 2.45) is 0 Å². The molecule has 0 aromatic heterocycles. The van der Waals surface area contributed by atoms with Crippen molar-refractivity contribution in [2.45, 2.75) is 0 Å². The maximum atomic E-state index is 12.0. The Morgan fingerprint density at radius 1 is 0.769 bits per heavy atom. The predicted molar refractivity (Wildman–Crippen MR) is 102 cm³/mol. The molecule has 0 radical (unpaired) electrons. The van der Waals surface area contributed by atoms with Crippen LogP contribution in [-0.4, -0.2) is 25.7 Å². The second kappa shape index (κ2) is 9.28. The highest BCUT2D eigenvalue weighted by Gasteiger charge is 2.08. The number of hydrogen-bond donors (Lipinski definition) is 1. The molecule has 3 aromatic rings. The molecule has 132 valence electrons. The van der Waals surface area contributed by atoms with Gasteiger partial charge in [0.15, 0.2) is 6.61 Å². The Balaban J connectivity index is 1.46. The molecule has 0 heterocycles. The zero-order chi connectivity index (χ0) is 18.0. The third-order valence-corrected chi connectivity index (χ3v) is 3.77. The van der Waals surface area contributed by atoms with Gasteiger partial charge in [-0.1, -0.05) is 66.7 Å². The Morgan fingerprint density at radius 2 is 1.42 bits per heavy atom. The van der Waals surface area contributed by atoms with E-state index in [9.17, 15) is 4.79 Å². The van der Waals surface area contributed by atoms with Crippen molar-refractivity contribution in [2.75, 3.05) is 19.8 Å².